The Hall–Kier alpha value is -1.42. The van der Waals surface area contributed by atoms with Gasteiger partial charge >= 0.3 is 0 Å². The molecule has 1 heterocycles. The molecule has 0 bridgehead atoms. The van der Waals surface area contributed by atoms with Gasteiger partial charge < -0.3 is 5.32 Å². The Kier molecular flexibility index (Phi) is 2.36. The van der Waals surface area contributed by atoms with E-state index in [0.29, 0.717) is 6.04 Å². The molecule has 3 nitrogen and oxygen atoms in total. The van der Waals surface area contributed by atoms with Crippen LogP contribution in [0, 0.1) is 6.92 Å². The van der Waals surface area contributed by atoms with E-state index in [9.17, 15) is 0 Å². The van der Waals surface area contributed by atoms with E-state index in [4.69, 9.17) is 0 Å². The third kappa shape index (κ3) is 1.69. The molecule has 0 fully saturated rings. The summed E-state index contributed by atoms with van der Waals surface area (Å²) in [5.41, 5.74) is 5.97. The summed E-state index contributed by atoms with van der Waals surface area (Å²) in [7, 11) is 0. The molecule has 0 spiro atoms. The largest absolute Gasteiger partial charge is 0.353 e. The van der Waals surface area contributed by atoms with Crippen LogP contribution < -0.4 is 5.32 Å². The lowest BCUT2D eigenvalue weighted by atomic mass is 10.1. The fourth-order valence-electron chi connectivity index (χ4n) is 2.26. The van der Waals surface area contributed by atoms with Crippen molar-refractivity contribution >= 4 is 16.5 Å². The SMILES string of the molecule is Cc1ccc2c(c1)C(Nc1nncs1)CC2. The summed E-state index contributed by atoms with van der Waals surface area (Å²) in [5, 5.41) is 12.2. The molecule has 2 aromatic rings. The van der Waals surface area contributed by atoms with Crippen LogP contribution in [0.15, 0.2) is 23.7 Å². The monoisotopic (exact) mass is 231 g/mol. The lowest BCUT2D eigenvalue weighted by Crippen LogP contribution is -2.06. The van der Waals surface area contributed by atoms with Crippen molar-refractivity contribution in [3.8, 4) is 0 Å². The molecule has 0 amide bonds. The van der Waals surface area contributed by atoms with Gasteiger partial charge in [0.2, 0.25) is 5.13 Å². The summed E-state index contributed by atoms with van der Waals surface area (Å²) in [4.78, 5) is 0. The number of hydrogen-bond donors (Lipinski definition) is 1. The molecule has 1 N–H and O–H groups in total. The van der Waals surface area contributed by atoms with E-state index in [0.717, 1.165) is 18.0 Å². The Morgan fingerprint density at radius 3 is 3.19 bits per heavy atom. The molecule has 1 unspecified atom stereocenters. The average Bonchev–Trinajstić information content (AvgIpc) is 2.90. The third-order valence-electron chi connectivity index (χ3n) is 3.04. The first kappa shape index (κ1) is 9.78. The van der Waals surface area contributed by atoms with Crippen molar-refractivity contribution in [1.82, 2.24) is 10.2 Å². The highest BCUT2D eigenvalue weighted by atomic mass is 32.1. The van der Waals surface area contributed by atoms with E-state index < -0.39 is 0 Å². The fourth-order valence-corrected chi connectivity index (χ4v) is 2.76. The molecule has 3 rings (SSSR count). The molecule has 82 valence electrons. The predicted octanol–water partition coefficient (Wildman–Crippen LogP) is 2.95. The van der Waals surface area contributed by atoms with Crippen molar-refractivity contribution in [3.63, 3.8) is 0 Å². The second-order valence-electron chi connectivity index (χ2n) is 4.18. The van der Waals surface area contributed by atoms with Gasteiger partial charge in [0.15, 0.2) is 0 Å². The maximum Gasteiger partial charge on any atom is 0.205 e. The summed E-state index contributed by atoms with van der Waals surface area (Å²) in [5.74, 6) is 0. The summed E-state index contributed by atoms with van der Waals surface area (Å²) in [6, 6.07) is 7.11. The van der Waals surface area contributed by atoms with Gasteiger partial charge in [-0.15, -0.1) is 10.2 Å². The van der Waals surface area contributed by atoms with Crippen molar-refractivity contribution in [1.29, 1.82) is 0 Å². The molecule has 0 aliphatic heterocycles. The molecule has 1 aliphatic rings. The minimum Gasteiger partial charge on any atom is -0.353 e. The van der Waals surface area contributed by atoms with Crippen LogP contribution in [0.5, 0.6) is 0 Å². The molecule has 0 saturated carbocycles. The van der Waals surface area contributed by atoms with Gasteiger partial charge in [-0.25, -0.2) is 0 Å². The highest BCUT2D eigenvalue weighted by Gasteiger charge is 2.22. The van der Waals surface area contributed by atoms with E-state index in [1.807, 2.05) is 0 Å². The number of anilines is 1. The van der Waals surface area contributed by atoms with Gasteiger partial charge in [0.1, 0.15) is 5.51 Å². The highest BCUT2D eigenvalue weighted by molar-refractivity contribution is 7.13. The Bertz CT molecular complexity index is 493. The number of nitrogens with zero attached hydrogens (tertiary/aromatic N) is 2. The number of benzene rings is 1. The standard InChI is InChI=1S/C12H13N3S/c1-8-2-3-9-4-5-11(10(9)6-8)14-12-15-13-7-16-12/h2-3,6-7,11H,4-5H2,1H3,(H,14,15). The lowest BCUT2D eigenvalue weighted by Gasteiger charge is -2.12. The highest BCUT2D eigenvalue weighted by Crippen LogP contribution is 2.34. The van der Waals surface area contributed by atoms with Crippen molar-refractivity contribution in [2.24, 2.45) is 0 Å². The molecular formula is C12H13N3S. The zero-order valence-corrected chi connectivity index (χ0v) is 9.92. The Balaban J connectivity index is 1.88. The third-order valence-corrected chi connectivity index (χ3v) is 3.66. The number of aryl methyl sites for hydroxylation is 2. The second-order valence-corrected chi connectivity index (χ2v) is 5.01. The summed E-state index contributed by atoms with van der Waals surface area (Å²) < 4.78 is 0. The van der Waals surface area contributed by atoms with Crippen LogP contribution in [0.1, 0.15) is 29.2 Å². The molecule has 0 saturated heterocycles. The van der Waals surface area contributed by atoms with Crippen LogP contribution in [0.25, 0.3) is 0 Å². The summed E-state index contributed by atoms with van der Waals surface area (Å²) >= 11 is 1.56. The minimum absolute atomic E-state index is 0.405. The number of aromatic nitrogens is 2. The topological polar surface area (TPSA) is 37.8 Å². The zero-order valence-electron chi connectivity index (χ0n) is 9.10. The predicted molar refractivity (Wildman–Crippen MR) is 65.8 cm³/mol. The van der Waals surface area contributed by atoms with Crippen LogP contribution in [-0.2, 0) is 6.42 Å². The molecule has 0 radical (unpaired) electrons. The minimum atomic E-state index is 0.405. The van der Waals surface area contributed by atoms with Crippen molar-refractivity contribution < 1.29 is 0 Å². The number of rotatable bonds is 2. The van der Waals surface area contributed by atoms with Crippen molar-refractivity contribution in [2.75, 3.05) is 5.32 Å². The van der Waals surface area contributed by atoms with Gasteiger partial charge in [0.25, 0.3) is 0 Å². The van der Waals surface area contributed by atoms with E-state index in [1.54, 1.807) is 16.8 Å². The Morgan fingerprint density at radius 1 is 1.44 bits per heavy atom. The van der Waals surface area contributed by atoms with Crippen LogP contribution >= 0.6 is 11.3 Å². The smallest absolute Gasteiger partial charge is 0.205 e. The Morgan fingerprint density at radius 2 is 2.38 bits per heavy atom. The van der Waals surface area contributed by atoms with Crippen molar-refractivity contribution in [2.45, 2.75) is 25.8 Å². The van der Waals surface area contributed by atoms with E-state index in [-0.39, 0.29) is 0 Å². The van der Waals surface area contributed by atoms with Gasteiger partial charge in [0.05, 0.1) is 6.04 Å². The van der Waals surface area contributed by atoms with Gasteiger partial charge in [-0.1, -0.05) is 35.1 Å². The van der Waals surface area contributed by atoms with Crippen LogP contribution in [0.3, 0.4) is 0 Å². The molecule has 4 heteroatoms. The average molecular weight is 231 g/mol. The lowest BCUT2D eigenvalue weighted by molar-refractivity contribution is 0.758. The van der Waals surface area contributed by atoms with Gasteiger partial charge in [-0.3, -0.25) is 0 Å². The first-order chi connectivity index (χ1) is 7.83. The summed E-state index contributed by atoms with van der Waals surface area (Å²) in [6.07, 6.45) is 2.31. The first-order valence-corrected chi connectivity index (χ1v) is 6.33. The van der Waals surface area contributed by atoms with Gasteiger partial charge in [0, 0.05) is 0 Å². The molecule has 1 aromatic carbocycles. The van der Waals surface area contributed by atoms with E-state index >= 15 is 0 Å². The quantitative estimate of drug-likeness (QED) is 0.863. The summed E-state index contributed by atoms with van der Waals surface area (Å²) in [6.45, 7) is 2.14. The fraction of sp³-hybridized carbons (Fsp3) is 0.333. The first-order valence-electron chi connectivity index (χ1n) is 5.45. The Labute approximate surface area is 98.5 Å². The van der Waals surface area contributed by atoms with E-state index in [1.165, 1.54) is 16.7 Å². The van der Waals surface area contributed by atoms with Crippen LogP contribution in [0.2, 0.25) is 0 Å². The molecule has 16 heavy (non-hydrogen) atoms. The molecule has 1 aromatic heterocycles. The maximum absolute atomic E-state index is 4.03. The van der Waals surface area contributed by atoms with Crippen molar-refractivity contribution in [3.05, 3.63) is 40.4 Å². The van der Waals surface area contributed by atoms with E-state index in [2.05, 4.69) is 40.6 Å². The molecule has 1 atom stereocenters. The molecular weight excluding hydrogens is 218 g/mol. The number of fused-ring (bicyclic) bond motifs is 1. The molecule has 1 aliphatic carbocycles. The zero-order chi connectivity index (χ0) is 11.0. The number of hydrogen-bond acceptors (Lipinski definition) is 4. The van der Waals surface area contributed by atoms with Gasteiger partial charge in [-0.2, -0.15) is 0 Å². The van der Waals surface area contributed by atoms with Crippen LogP contribution in [0.4, 0.5) is 5.13 Å². The van der Waals surface area contributed by atoms with Gasteiger partial charge in [-0.05, 0) is 30.9 Å². The van der Waals surface area contributed by atoms with Crippen LogP contribution in [-0.4, -0.2) is 10.2 Å². The number of nitrogens with one attached hydrogen (secondary N) is 1. The second kappa shape index (κ2) is 3.87. The maximum atomic E-state index is 4.03. The normalized spacial score (nSPS) is 18.4.